The molecule has 1 atom stereocenters. The quantitative estimate of drug-likeness (QED) is 0.609. The zero-order chi connectivity index (χ0) is 24.9. The fraction of sp³-hybridized carbons (Fsp3) is 0.500. The second-order valence-electron chi connectivity index (χ2n) is 8.43. The van der Waals surface area contributed by atoms with Crippen LogP contribution >= 0.6 is 0 Å². The number of carboxylic acid groups (broad SMARTS) is 1. The van der Waals surface area contributed by atoms with Crippen molar-refractivity contribution in [3.63, 3.8) is 0 Å². The van der Waals surface area contributed by atoms with E-state index in [1.807, 2.05) is 28.9 Å². The molecule has 4 rings (SSSR count). The summed E-state index contributed by atoms with van der Waals surface area (Å²) < 4.78 is 59.6. The summed E-state index contributed by atoms with van der Waals surface area (Å²) in [5, 5.41) is 14.2. The summed E-state index contributed by atoms with van der Waals surface area (Å²) in [6, 6.07) is 11.8. The Balaban J connectivity index is 0.000000406. The molecule has 1 saturated carbocycles. The molecule has 1 fully saturated rings. The predicted molar refractivity (Wildman–Crippen MR) is 111 cm³/mol. The average Bonchev–Trinajstić information content (AvgIpc) is 3.20. The number of hydrogen-bond acceptors (Lipinski definition) is 4. The molecule has 1 aromatic carbocycles. The Hall–Kier alpha value is -3.02. The normalized spacial score (nSPS) is 19.9. The van der Waals surface area contributed by atoms with E-state index >= 15 is 0 Å². The van der Waals surface area contributed by atoms with Gasteiger partial charge in [-0.3, -0.25) is 14.4 Å². The third-order valence-electron chi connectivity index (χ3n) is 5.63. The van der Waals surface area contributed by atoms with Gasteiger partial charge in [0.05, 0.1) is 18.2 Å². The smallest absolute Gasteiger partial charge is 0.475 e. The van der Waals surface area contributed by atoms with E-state index in [2.05, 4.69) is 27.4 Å². The lowest BCUT2D eigenvalue weighted by atomic mass is 9.88. The number of hydrogen-bond donors (Lipinski definition) is 2. The highest BCUT2D eigenvalue weighted by Gasteiger charge is 2.46. The van der Waals surface area contributed by atoms with Crippen molar-refractivity contribution in [2.75, 3.05) is 13.1 Å². The van der Waals surface area contributed by atoms with Crippen LogP contribution in [0.15, 0.2) is 42.6 Å². The van der Waals surface area contributed by atoms with Crippen LogP contribution in [-0.2, 0) is 22.6 Å². The van der Waals surface area contributed by atoms with Crippen LogP contribution in [0.25, 0.3) is 0 Å². The van der Waals surface area contributed by atoms with E-state index in [-0.39, 0.29) is 31.2 Å². The molecule has 1 aliphatic carbocycles. The first-order chi connectivity index (χ1) is 15.9. The van der Waals surface area contributed by atoms with Gasteiger partial charge in [-0.2, -0.15) is 18.3 Å². The Kier molecular flexibility index (Phi) is 7.90. The van der Waals surface area contributed by atoms with Gasteiger partial charge < -0.3 is 10.4 Å². The maximum absolute atomic E-state index is 13.0. The van der Waals surface area contributed by atoms with Crippen LogP contribution in [0.5, 0.6) is 0 Å². The van der Waals surface area contributed by atoms with Crippen LogP contribution < -0.4 is 5.32 Å². The van der Waals surface area contributed by atoms with Gasteiger partial charge in [-0.25, -0.2) is 13.6 Å². The number of carbonyl (C=O) groups excluding carboxylic acids is 1. The van der Waals surface area contributed by atoms with Crippen molar-refractivity contribution < 1.29 is 36.6 Å². The molecule has 2 N–H and O–H groups in total. The lowest BCUT2D eigenvalue weighted by Crippen LogP contribution is -2.51. The third kappa shape index (κ3) is 7.24. The first kappa shape index (κ1) is 25.6. The highest BCUT2D eigenvalue weighted by atomic mass is 19.4. The lowest BCUT2D eigenvalue weighted by molar-refractivity contribution is -0.192. The van der Waals surface area contributed by atoms with Crippen LogP contribution in [0.1, 0.15) is 36.6 Å². The molecular formula is C22H25F5N4O3. The number of amides is 1. The number of aliphatic carboxylic acids is 1. The number of carboxylic acids is 1. The third-order valence-corrected chi connectivity index (χ3v) is 5.63. The molecule has 2 heterocycles. The van der Waals surface area contributed by atoms with E-state index in [0.29, 0.717) is 0 Å². The van der Waals surface area contributed by atoms with Gasteiger partial charge in [-0.1, -0.05) is 30.3 Å². The molecule has 7 nitrogen and oxygen atoms in total. The number of aromatic nitrogens is 2. The molecule has 2 aliphatic rings. The van der Waals surface area contributed by atoms with Gasteiger partial charge in [0, 0.05) is 44.7 Å². The van der Waals surface area contributed by atoms with Crippen molar-refractivity contribution >= 4 is 11.9 Å². The van der Waals surface area contributed by atoms with E-state index in [1.54, 1.807) is 6.20 Å². The number of alkyl halides is 5. The summed E-state index contributed by atoms with van der Waals surface area (Å²) >= 11 is 0. The second-order valence-corrected chi connectivity index (χ2v) is 8.43. The van der Waals surface area contributed by atoms with Crippen molar-refractivity contribution in [2.45, 2.75) is 56.4 Å². The summed E-state index contributed by atoms with van der Waals surface area (Å²) in [6.45, 7) is 2.44. The minimum atomic E-state index is -5.08. The number of carbonyl (C=O) groups is 2. The van der Waals surface area contributed by atoms with Gasteiger partial charge >= 0.3 is 12.1 Å². The standard InChI is InChI=1S/C20H24F2N4O.C2HF3O2/c21-20(22)11-16(12-20)24-19(27)10-18-14-25(13-17-6-8-23-26(17)18)9-7-15-4-2-1-3-5-15;3-2(4,5)1(6)7/h1-6,8,16,18H,7,9-14H2,(H,24,27);(H,6,7). The number of benzene rings is 1. The Morgan fingerprint density at radius 3 is 2.38 bits per heavy atom. The SMILES string of the molecule is O=C(CC1CN(CCc2ccccc2)Cc2ccnn21)NC1CC(F)(F)C1.O=C(O)C(F)(F)F. The van der Waals surface area contributed by atoms with Gasteiger partial charge in [0.1, 0.15) is 0 Å². The van der Waals surface area contributed by atoms with Crippen LogP contribution in [0.3, 0.4) is 0 Å². The maximum atomic E-state index is 13.0. The predicted octanol–water partition coefficient (Wildman–Crippen LogP) is 3.42. The zero-order valence-electron chi connectivity index (χ0n) is 18.1. The van der Waals surface area contributed by atoms with Gasteiger partial charge in [-0.15, -0.1) is 0 Å². The van der Waals surface area contributed by atoms with E-state index in [9.17, 15) is 26.7 Å². The summed E-state index contributed by atoms with van der Waals surface area (Å²) in [6.07, 6.45) is -2.61. The molecule has 0 saturated heterocycles. The van der Waals surface area contributed by atoms with Gasteiger partial charge in [0.2, 0.25) is 5.91 Å². The monoisotopic (exact) mass is 488 g/mol. The van der Waals surface area contributed by atoms with Crippen molar-refractivity contribution in [1.29, 1.82) is 0 Å². The number of rotatable bonds is 6. The van der Waals surface area contributed by atoms with E-state index in [4.69, 9.17) is 9.90 Å². The number of fused-ring (bicyclic) bond motifs is 1. The minimum absolute atomic E-state index is 0.0693. The molecule has 0 bridgehead atoms. The molecule has 12 heteroatoms. The van der Waals surface area contributed by atoms with Crippen molar-refractivity contribution in [3.8, 4) is 0 Å². The molecule has 186 valence electrons. The highest BCUT2D eigenvalue weighted by Crippen LogP contribution is 2.37. The summed E-state index contributed by atoms with van der Waals surface area (Å²) in [5.74, 6) is -5.55. The Labute approximate surface area is 192 Å². The molecule has 0 radical (unpaired) electrons. The van der Waals surface area contributed by atoms with Crippen LogP contribution in [0.4, 0.5) is 22.0 Å². The molecular weight excluding hydrogens is 463 g/mol. The number of halogens is 5. The van der Waals surface area contributed by atoms with Crippen molar-refractivity contribution in [3.05, 3.63) is 53.9 Å². The fourth-order valence-electron chi connectivity index (χ4n) is 3.98. The lowest BCUT2D eigenvalue weighted by Gasteiger charge is -2.37. The van der Waals surface area contributed by atoms with Crippen molar-refractivity contribution in [2.24, 2.45) is 0 Å². The molecule has 1 aromatic heterocycles. The molecule has 2 aromatic rings. The summed E-state index contributed by atoms with van der Waals surface area (Å²) in [5.41, 5.74) is 2.37. The van der Waals surface area contributed by atoms with Crippen LogP contribution in [0, 0.1) is 0 Å². The van der Waals surface area contributed by atoms with E-state index < -0.39 is 24.1 Å². The molecule has 0 spiro atoms. The highest BCUT2D eigenvalue weighted by molar-refractivity contribution is 5.77. The zero-order valence-corrected chi connectivity index (χ0v) is 18.1. The average molecular weight is 488 g/mol. The molecule has 1 amide bonds. The van der Waals surface area contributed by atoms with Gasteiger partial charge in [0.15, 0.2) is 0 Å². The largest absolute Gasteiger partial charge is 0.490 e. The number of nitrogens with one attached hydrogen (secondary N) is 1. The Morgan fingerprint density at radius 1 is 1.15 bits per heavy atom. The first-order valence-corrected chi connectivity index (χ1v) is 10.7. The van der Waals surface area contributed by atoms with Gasteiger partial charge in [0.25, 0.3) is 5.92 Å². The van der Waals surface area contributed by atoms with E-state index in [1.165, 1.54) is 5.56 Å². The van der Waals surface area contributed by atoms with Crippen LogP contribution in [0.2, 0.25) is 0 Å². The second kappa shape index (κ2) is 10.5. The summed E-state index contributed by atoms with van der Waals surface area (Å²) in [7, 11) is 0. The fourth-order valence-corrected chi connectivity index (χ4v) is 3.98. The molecule has 1 unspecified atom stereocenters. The first-order valence-electron chi connectivity index (χ1n) is 10.7. The molecule has 34 heavy (non-hydrogen) atoms. The minimum Gasteiger partial charge on any atom is -0.475 e. The van der Waals surface area contributed by atoms with Crippen LogP contribution in [-0.4, -0.2) is 62.9 Å². The maximum Gasteiger partial charge on any atom is 0.490 e. The topological polar surface area (TPSA) is 87.5 Å². The van der Waals surface area contributed by atoms with Gasteiger partial charge in [-0.05, 0) is 18.1 Å². The molecule has 1 aliphatic heterocycles. The summed E-state index contributed by atoms with van der Waals surface area (Å²) in [4.78, 5) is 23.6. The number of nitrogens with zero attached hydrogens (tertiary/aromatic N) is 3. The Bertz CT molecular complexity index is 972. The van der Waals surface area contributed by atoms with E-state index in [0.717, 1.165) is 31.7 Å². The Morgan fingerprint density at radius 2 is 1.79 bits per heavy atom. The van der Waals surface area contributed by atoms with Crippen molar-refractivity contribution in [1.82, 2.24) is 20.0 Å².